The highest BCUT2D eigenvalue weighted by Crippen LogP contribution is 2.58. The summed E-state index contributed by atoms with van der Waals surface area (Å²) in [6.45, 7) is 1.96. The predicted molar refractivity (Wildman–Crippen MR) is 68.7 cm³/mol. The lowest BCUT2D eigenvalue weighted by Gasteiger charge is -2.30. The van der Waals surface area contributed by atoms with Crippen molar-refractivity contribution in [3.8, 4) is 0 Å². The minimum atomic E-state index is -2.37. The van der Waals surface area contributed by atoms with Gasteiger partial charge in [-0.2, -0.15) is 0 Å². The largest absolute Gasteiger partial charge is 0.342 e. The van der Waals surface area contributed by atoms with Gasteiger partial charge in [0.25, 0.3) is 0 Å². The average Bonchev–Trinajstić information content (AvgIpc) is 2.30. The van der Waals surface area contributed by atoms with Gasteiger partial charge >= 0.3 is 0 Å². The normalized spacial score (nSPS) is 16.4. The highest BCUT2D eigenvalue weighted by Gasteiger charge is 2.21. The first kappa shape index (κ1) is 11.2. The van der Waals surface area contributed by atoms with Gasteiger partial charge in [0.05, 0.1) is 0 Å². The van der Waals surface area contributed by atoms with Crippen molar-refractivity contribution < 1.29 is 4.55 Å². The Bertz CT molecular complexity index is 477. The molecule has 1 nitrogen and oxygen atoms in total. The Morgan fingerprint density at radius 1 is 0.938 bits per heavy atom. The van der Waals surface area contributed by atoms with E-state index in [4.69, 9.17) is 6.26 Å². The number of hydrogen-bond donors (Lipinski definition) is 1. The fourth-order valence-corrected chi connectivity index (χ4v) is 3.33. The van der Waals surface area contributed by atoms with E-state index in [2.05, 4.69) is 0 Å². The van der Waals surface area contributed by atoms with Crippen molar-refractivity contribution in [2.75, 3.05) is 0 Å². The van der Waals surface area contributed by atoms with Gasteiger partial charge in [-0.05, 0) is 30.7 Å². The van der Waals surface area contributed by atoms with Crippen LogP contribution in [0.15, 0.2) is 64.4 Å². The van der Waals surface area contributed by atoms with Gasteiger partial charge in [0.2, 0.25) is 0 Å². The molecule has 82 valence electrons. The zero-order valence-corrected chi connectivity index (χ0v) is 9.95. The molecule has 1 atom stereocenters. The van der Waals surface area contributed by atoms with Crippen LogP contribution in [-0.4, -0.2) is 4.55 Å². The molecule has 2 radical (unpaired) electrons. The lowest BCUT2D eigenvalue weighted by Crippen LogP contribution is -1.98. The third-order valence-corrected chi connectivity index (χ3v) is 4.65. The van der Waals surface area contributed by atoms with Crippen LogP contribution in [0.2, 0.25) is 0 Å². The fraction of sp³-hybridized carbons (Fsp3) is 0.0714. The van der Waals surface area contributed by atoms with Crippen LogP contribution in [0.1, 0.15) is 5.56 Å². The summed E-state index contributed by atoms with van der Waals surface area (Å²) in [4.78, 5) is 1.60. The van der Waals surface area contributed by atoms with Gasteiger partial charge in [-0.1, -0.05) is 46.7 Å². The summed E-state index contributed by atoms with van der Waals surface area (Å²) in [5, 5.41) is 0. The Balaban J connectivity index is 2.51. The van der Waals surface area contributed by atoms with Crippen LogP contribution in [0, 0.1) is 13.2 Å². The van der Waals surface area contributed by atoms with Gasteiger partial charge in [0, 0.05) is 16.0 Å². The highest BCUT2D eigenvalue weighted by atomic mass is 32.3. The summed E-state index contributed by atoms with van der Waals surface area (Å²) in [6.07, 6.45) is 6.10. The molecular weight excluding hydrogens is 216 g/mol. The van der Waals surface area contributed by atoms with E-state index in [1.165, 1.54) is 0 Å². The van der Waals surface area contributed by atoms with Gasteiger partial charge in [0.15, 0.2) is 0 Å². The third-order valence-electron chi connectivity index (χ3n) is 2.53. The molecule has 2 rings (SSSR count). The van der Waals surface area contributed by atoms with E-state index in [-0.39, 0.29) is 0 Å². The van der Waals surface area contributed by atoms with Crippen LogP contribution in [0.3, 0.4) is 0 Å². The number of benzene rings is 2. The SMILES string of the molecule is [CH]S(O)(c1ccccc1)c1ccccc1C. The fourth-order valence-electron chi connectivity index (χ4n) is 1.66. The van der Waals surface area contributed by atoms with E-state index >= 15 is 0 Å². The molecule has 0 aliphatic rings. The molecule has 0 saturated carbocycles. The Labute approximate surface area is 98.3 Å². The van der Waals surface area contributed by atoms with Crippen molar-refractivity contribution in [1.82, 2.24) is 0 Å². The topological polar surface area (TPSA) is 20.2 Å². The average molecular weight is 230 g/mol. The van der Waals surface area contributed by atoms with E-state index < -0.39 is 10.3 Å². The standard InChI is InChI=1S/C14H14OS/c1-12-8-6-7-11-14(12)16(2,15)13-9-4-3-5-10-13/h2-11,15H,1H3. The molecule has 0 saturated heterocycles. The maximum atomic E-state index is 10.5. The first-order valence-electron chi connectivity index (χ1n) is 5.06. The van der Waals surface area contributed by atoms with Gasteiger partial charge in [-0.25, -0.2) is 0 Å². The van der Waals surface area contributed by atoms with E-state index in [0.29, 0.717) is 0 Å². The predicted octanol–water partition coefficient (Wildman–Crippen LogP) is 4.36. The van der Waals surface area contributed by atoms with E-state index in [9.17, 15) is 4.55 Å². The summed E-state index contributed by atoms with van der Waals surface area (Å²) >= 11 is 0. The Morgan fingerprint density at radius 2 is 1.50 bits per heavy atom. The number of rotatable bonds is 2. The quantitative estimate of drug-likeness (QED) is 0.812. The second-order valence-corrected chi connectivity index (χ2v) is 5.87. The lowest BCUT2D eigenvalue weighted by molar-refractivity contribution is 0.632. The molecular formula is C14H14OS. The van der Waals surface area contributed by atoms with Crippen molar-refractivity contribution >= 4 is 10.3 Å². The summed E-state index contributed by atoms with van der Waals surface area (Å²) in [5.74, 6) is 0. The monoisotopic (exact) mass is 230 g/mol. The summed E-state index contributed by atoms with van der Waals surface area (Å²) < 4.78 is 10.5. The highest BCUT2D eigenvalue weighted by molar-refractivity contribution is 8.30. The molecule has 0 fully saturated rings. The van der Waals surface area contributed by atoms with Gasteiger partial charge in [-0.3, -0.25) is 0 Å². The molecule has 1 N–H and O–H groups in total. The number of hydrogen-bond acceptors (Lipinski definition) is 1. The van der Waals surface area contributed by atoms with Crippen molar-refractivity contribution in [2.45, 2.75) is 16.7 Å². The van der Waals surface area contributed by atoms with Crippen molar-refractivity contribution in [3.63, 3.8) is 0 Å². The Hall–Kier alpha value is -1.25. The molecule has 2 aromatic carbocycles. The van der Waals surface area contributed by atoms with Crippen LogP contribution in [-0.2, 0) is 0 Å². The van der Waals surface area contributed by atoms with E-state index in [1.807, 2.05) is 61.5 Å². The van der Waals surface area contributed by atoms with Crippen LogP contribution >= 0.6 is 10.3 Å². The smallest absolute Gasteiger partial charge is 0.0470 e. The number of aryl methyl sites for hydroxylation is 1. The van der Waals surface area contributed by atoms with Gasteiger partial charge < -0.3 is 4.55 Å². The summed E-state index contributed by atoms with van der Waals surface area (Å²) in [5.41, 5.74) is 1.02. The van der Waals surface area contributed by atoms with Crippen molar-refractivity contribution in [2.24, 2.45) is 0 Å². The van der Waals surface area contributed by atoms with Gasteiger partial charge in [-0.15, -0.1) is 0 Å². The maximum Gasteiger partial charge on any atom is 0.0470 e. The second-order valence-electron chi connectivity index (χ2n) is 3.70. The van der Waals surface area contributed by atoms with E-state index in [1.54, 1.807) is 0 Å². The molecule has 0 bridgehead atoms. The van der Waals surface area contributed by atoms with Crippen LogP contribution in [0.4, 0.5) is 0 Å². The molecule has 2 aromatic rings. The minimum absolute atomic E-state index is 0.782. The summed E-state index contributed by atoms with van der Waals surface area (Å²) in [7, 11) is -2.37. The first-order valence-corrected chi connectivity index (χ1v) is 6.72. The zero-order chi connectivity index (χ0) is 11.6. The molecule has 0 spiro atoms. The molecule has 0 aliphatic heterocycles. The molecule has 1 unspecified atom stereocenters. The maximum absolute atomic E-state index is 10.5. The van der Waals surface area contributed by atoms with E-state index in [0.717, 1.165) is 15.4 Å². The van der Waals surface area contributed by atoms with Crippen LogP contribution in [0.25, 0.3) is 0 Å². The second kappa shape index (κ2) is 4.32. The van der Waals surface area contributed by atoms with Crippen molar-refractivity contribution in [1.29, 1.82) is 0 Å². The third kappa shape index (κ3) is 1.99. The molecule has 0 heterocycles. The Morgan fingerprint density at radius 3 is 2.12 bits per heavy atom. The Kier molecular flexibility index (Phi) is 3.03. The lowest BCUT2D eigenvalue weighted by atomic mass is 10.2. The summed E-state index contributed by atoms with van der Waals surface area (Å²) in [6, 6.07) is 17.1. The van der Waals surface area contributed by atoms with Crippen molar-refractivity contribution in [3.05, 3.63) is 66.4 Å². The minimum Gasteiger partial charge on any atom is -0.342 e. The molecule has 0 aromatic heterocycles. The molecule has 0 amide bonds. The first-order chi connectivity index (χ1) is 7.62. The zero-order valence-electron chi connectivity index (χ0n) is 9.13. The molecule has 16 heavy (non-hydrogen) atoms. The van der Waals surface area contributed by atoms with Gasteiger partial charge in [0.1, 0.15) is 0 Å². The molecule has 0 aliphatic carbocycles. The van der Waals surface area contributed by atoms with Crippen LogP contribution < -0.4 is 0 Å². The van der Waals surface area contributed by atoms with Crippen LogP contribution in [0.5, 0.6) is 0 Å². The molecule has 2 heteroatoms.